The minimum Gasteiger partial charge on any atom is -0.493 e. The Bertz CT molecular complexity index is 978. The molecule has 0 saturated heterocycles. The van der Waals surface area contributed by atoms with Gasteiger partial charge in [-0.05, 0) is 67.0 Å². The van der Waals surface area contributed by atoms with Crippen LogP contribution in [0.5, 0.6) is 11.5 Å². The highest BCUT2D eigenvalue weighted by Gasteiger charge is 2.16. The van der Waals surface area contributed by atoms with Gasteiger partial charge in [0.15, 0.2) is 16.6 Å². The van der Waals surface area contributed by atoms with Gasteiger partial charge in [-0.15, -0.1) is 0 Å². The number of rotatable bonds is 6. The van der Waals surface area contributed by atoms with Gasteiger partial charge in [0.25, 0.3) is 0 Å². The molecule has 1 aliphatic rings. The highest BCUT2D eigenvalue weighted by molar-refractivity contribution is 7.80. The first-order valence-electron chi connectivity index (χ1n) is 9.91. The number of benzene rings is 2. The number of carbonyl (C=O) groups is 1. The summed E-state index contributed by atoms with van der Waals surface area (Å²) >= 11 is 17.2. The number of methoxy groups -OCH3 is 1. The maximum atomic E-state index is 12.4. The van der Waals surface area contributed by atoms with Gasteiger partial charge >= 0.3 is 5.97 Å². The molecule has 0 aromatic heterocycles. The molecule has 0 aliphatic heterocycles. The van der Waals surface area contributed by atoms with E-state index < -0.39 is 5.97 Å². The van der Waals surface area contributed by atoms with Crippen molar-refractivity contribution >= 4 is 52.7 Å². The second-order valence-electron chi connectivity index (χ2n) is 7.10. The number of ether oxygens (including phenoxy) is 2. The first-order valence-corrected chi connectivity index (χ1v) is 11.1. The zero-order valence-electron chi connectivity index (χ0n) is 17.0. The fraction of sp³-hybridized carbons (Fsp3) is 0.318. The van der Waals surface area contributed by atoms with Crippen molar-refractivity contribution in [1.82, 2.24) is 10.7 Å². The summed E-state index contributed by atoms with van der Waals surface area (Å²) in [5, 5.41) is 8.60. The molecule has 1 saturated carbocycles. The van der Waals surface area contributed by atoms with Crippen LogP contribution in [0, 0.1) is 0 Å². The van der Waals surface area contributed by atoms with Crippen LogP contribution in [0.15, 0.2) is 41.5 Å². The van der Waals surface area contributed by atoms with Crippen molar-refractivity contribution in [2.24, 2.45) is 5.10 Å². The molecular formula is C22H23Cl2N3O3S. The largest absolute Gasteiger partial charge is 0.493 e. The number of hydrogen-bond acceptors (Lipinski definition) is 5. The molecule has 1 aliphatic carbocycles. The lowest BCUT2D eigenvalue weighted by molar-refractivity contribution is 0.0730. The lowest BCUT2D eigenvalue weighted by Gasteiger charge is -2.23. The van der Waals surface area contributed by atoms with Gasteiger partial charge in [-0.2, -0.15) is 5.10 Å². The van der Waals surface area contributed by atoms with E-state index in [1.807, 2.05) is 0 Å². The van der Waals surface area contributed by atoms with Gasteiger partial charge in [-0.1, -0.05) is 42.5 Å². The van der Waals surface area contributed by atoms with Crippen molar-refractivity contribution in [3.05, 3.63) is 57.6 Å². The number of hydrogen-bond donors (Lipinski definition) is 2. The summed E-state index contributed by atoms with van der Waals surface area (Å²) in [4.78, 5) is 12.4. The fourth-order valence-corrected chi connectivity index (χ4v) is 3.99. The first kappa shape index (κ1) is 23.3. The Hall–Kier alpha value is -2.35. The van der Waals surface area contributed by atoms with Gasteiger partial charge in [0.2, 0.25) is 0 Å². The van der Waals surface area contributed by atoms with E-state index in [0.717, 1.165) is 18.4 Å². The van der Waals surface area contributed by atoms with E-state index >= 15 is 0 Å². The SMILES string of the molecule is COc1cc(C=NNC(=S)NC2CCCCC2)ccc1OC(=O)c1ccc(Cl)cc1Cl. The first-order chi connectivity index (χ1) is 15.0. The van der Waals surface area contributed by atoms with Crippen LogP contribution in [0.3, 0.4) is 0 Å². The molecule has 0 heterocycles. The molecule has 2 aromatic carbocycles. The van der Waals surface area contributed by atoms with Crippen molar-refractivity contribution < 1.29 is 14.3 Å². The molecule has 164 valence electrons. The predicted octanol–water partition coefficient (Wildman–Crippen LogP) is 5.35. The van der Waals surface area contributed by atoms with Gasteiger partial charge in [-0.25, -0.2) is 4.79 Å². The van der Waals surface area contributed by atoms with Crippen LogP contribution in [0.2, 0.25) is 10.0 Å². The lowest BCUT2D eigenvalue weighted by atomic mass is 9.96. The molecule has 2 N–H and O–H groups in total. The van der Waals surface area contributed by atoms with Gasteiger partial charge < -0.3 is 14.8 Å². The normalized spacial score (nSPS) is 14.3. The van der Waals surface area contributed by atoms with Crippen LogP contribution in [-0.2, 0) is 0 Å². The molecule has 2 aromatic rings. The summed E-state index contributed by atoms with van der Waals surface area (Å²) in [5.74, 6) is 0.0330. The van der Waals surface area contributed by atoms with Crippen LogP contribution in [0.1, 0.15) is 48.0 Å². The molecule has 0 bridgehead atoms. The molecule has 3 rings (SSSR count). The second-order valence-corrected chi connectivity index (χ2v) is 8.35. The highest BCUT2D eigenvalue weighted by atomic mass is 35.5. The Labute approximate surface area is 196 Å². The number of hydrazone groups is 1. The quantitative estimate of drug-likeness (QED) is 0.191. The molecule has 0 amide bonds. The number of nitrogens with zero attached hydrogens (tertiary/aromatic N) is 1. The molecule has 1 fully saturated rings. The number of esters is 1. The van der Waals surface area contributed by atoms with E-state index in [-0.39, 0.29) is 16.3 Å². The number of thiocarbonyl (C=S) groups is 1. The third-order valence-electron chi connectivity index (χ3n) is 4.86. The Morgan fingerprint density at radius 2 is 1.90 bits per heavy atom. The van der Waals surface area contributed by atoms with E-state index in [1.165, 1.54) is 38.5 Å². The predicted molar refractivity (Wildman–Crippen MR) is 128 cm³/mol. The zero-order chi connectivity index (χ0) is 22.2. The third-order valence-corrected chi connectivity index (χ3v) is 5.62. The molecule has 0 spiro atoms. The third kappa shape index (κ3) is 6.82. The summed E-state index contributed by atoms with van der Waals surface area (Å²) < 4.78 is 10.8. The lowest BCUT2D eigenvalue weighted by Crippen LogP contribution is -2.40. The van der Waals surface area contributed by atoms with Crippen molar-refractivity contribution in [3.8, 4) is 11.5 Å². The fourth-order valence-electron chi connectivity index (χ4n) is 3.29. The van der Waals surface area contributed by atoms with E-state index in [4.69, 9.17) is 44.9 Å². The molecular weight excluding hydrogens is 457 g/mol. The molecule has 0 atom stereocenters. The topological polar surface area (TPSA) is 71.9 Å². The summed E-state index contributed by atoms with van der Waals surface area (Å²) in [5.41, 5.74) is 3.79. The minimum absolute atomic E-state index is 0.210. The Morgan fingerprint density at radius 1 is 1.13 bits per heavy atom. The standard InChI is InChI=1S/C22H23Cl2N3O3S/c1-29-20-11-14(13-25-27-22(31)26-16-5-3-2-4-6-16)7-10-19(20)30-21(28)17-9-8-15(23)12-18(17)24/h7-13,16H,2-6H2,1H3,(H2,26,27,31). The molecule has 0 radical (unpaired) electrons. The second kappa shape index (κ2) is 11.3. The van der Waals surface area contributed by atoms with E-state index in [9.17, 15) is 4.79 Å². The Balaban J connectivity index is 1.60. The summed E-state index contributed by atoms with van der Waals surface area (Å²) in [6.45, 7) is 0. The smallest absolute Gasteiger partial charge is 0.345 e. The van der Waals surface area contributed by atoms with Gasteiger partial charge in [0.05, 0.1) is 23.9 Å². The molecule has 31 heavy (non-hydrogen) atoms. The van der Waals surface area contributed by atoms with E-state index in [0.29, 0.717) is 21.9 Å². The zero-order valence-corrected chi connectivity index (χ0v) is 19.3. The maximum absolute atomic E-state index is 12.4. The maximum Gasteiger partial charge on any atom is 0.345 e. The van der Waals surface area contributed by atoms with Crippen molar-refractivity contribution in [2.45, 2.75) is 38.1 Å². The molecule has 6 nitrogen and oxygen atoms in total. The summed E-state index contributed by atoms with van der Waals surface area (Å²) in [7, 11) is 1.49. The average Bonchev–Trinajstić information content (AvgIpc) is 2.75. The van der Waals surface area contributed by atoms with E-state index in [1.54, 1.807) is 30.5 Å². The van der Waals surface area contributed by atoms with Crippen LogP contribution in [0.25, 0.3) is 0 Å². The van der Waals surface area contributed by atoms with Gasteiger partial charge in [0, 0.05) is 11.1 Å². The van der Waals surface area contributed by atoms with Crippen molar-refractivity contribution in [3.63, 3.8) is 0 Å². The summed E-state index contributed by atoms with van der Waals surface area (Å²) in [6.07, 6.45) is 7.61. The highest BCUT2D eigenvalue weighted by Crippen LogP contribution is 2.30. The number of halogens is 2. The van der Waals surface area contributed by atoms with Gasteiger partial charge in [0.1, 0.15) is 0 Å². The molecule has 0 unspecified atom stereocenters. The van der Waals surface area contributed by atoms with Crippen molar-refractivity contribution in [2.75, 3.05) is 7.11 Å². The van der Waals surface area contributed by atoms with Crippen LogP contribution in [0.4, 0.5) is 0 Å². The van der Waals surface area contributed by atoms with Crippen LogP contribution >= 0.6 is 35.4 Å². The summed E-state index contributed by atoms with van der Waals surface area (Å²) in [6, 6.07) is 10.0. The van der Waals surface area contributed by atoms with Crippen LogP contribution in [-0.4, -0.2) is 30.4 Å². The average molecular weight is 480 g/mol. The number of carbonyl (C=O) groups excluding carboxylic acids is 1. The van der Waals surface area contributed by atoms with Gasteiger partial charge in [-0.3, -0.25) is 5.43 Å². The monoisotopic (exact) mass is 479 g/mol. The molecule has 9 heteroatoms. The van der Waals surface area contributed by atoms with E-state index in [2.05, 4.69) is 15.8 Å². The Kier molecular flexibility index (Phi) is 8.51. The number of nitrogens with one attached hydrogen (secondary N) is 2. The Morgan fingerprint density at radius 3 is 2.61 bits per heavy atom. The van der Waals surface area contributed by atoms with Crippen molar-refractivity contribution in [1.29, 1.82) is 0 Å². The minimum atomic E-state index is -0.609. The van der Waals surface area contributed by atoms with Crippen LogP contribution < -0.4 is 20.2 Å².